The van der Waals surface area contributed by atoms with Gasteiger partial charge in [0.1, 0.15) is 18.1 Å². The molecule has 4 unspecified atom stereocenters. The molecule has 0 aliphatic carbocycles. The van der Waals surface area contributed by atoms with E-state index in [1.807, 2.05) is 5.32 Å². The van der Waals surface area contributed by atoms with Crippen molar-refractivity contribution >= 4 is 35.5 Å². The van der Waals surface area contributed by atoms with E-state index in [0.29, 0.717) is 5.69 Å². The molecule has 182 valence electrons. The minimum atomic E-state index is -1.73. The predicted octanol–water partition coefficient (Wildman–Crippen LogP) is -5.44. The highest BCUT2D eigenvalue weighted by atomic mass is 16.4. The Labute approximate surface area is 186 Å². The average molecular weight is 470 g/mol. The van der Waals surface area contributed by atoms with Crippen molar-refractivity contribution in [1.29, 1.82) is 0 Å². The maximum Gasteiger partial charge on any atom is 0.326 e. The molecule has 33 heavy (non-hydrogen) atoms. The molecule has 16 heteroatoms. The Morgan fingerprint density at radius 1 is 0.909 bits per heavy atom. The SMILES string of the molecule is NC(=O)CC(NC(=O)C(CC(N)=O)NC(=O)C(CO)NC(=O)C(N)Cc1cnc[nH]1)C(=O)O. The van der Waals surface area contributed by atoms with E-state index >= 15 is 0 Å². The number of aliphatic carboxylic acids is 1. The second-order valence-electron chi connectivity index (χ2n) is 6.93. The summed E-state index contributed by atoms with van der Waals surface area (Å²) < 4.78 is 0. The van der Waals surface area contributed by atoms with Gasteiger partial charge in [-0.3, -0.25) is 24.0 Å². The first kappa shape index (κ1) is 27.0. The van der Waals surface area contributed by atoms with Gasteiger partial charge in [0.15, 0.2) is 0 Å². The van der Waals surface area contributed by atoms with E-state index in [4.69, 9.17) is 22.3 Å². The average Bonchev–Trinajstić information content (AvgIpc) is 3.22. The Balaban J connectivity index is 2.83. The molecular weight excluding hydrogens is 444 g/mol. The first-order chi connectivity index (χ1) is 15.4. The molecule has 0 radical (unpaired) electrons. The Kier molecular flexibility index (Phi) is 10.4. The number of aliphatic hydroxyl groups excluding tert-OH is 1. The molecule has 0 saturated carbocycles. The van der Waals surface area contributed by atoms with Crippen molar-refractivity contribution in [3.8, 4) is 0 Å². The van der Waals surface area contributed by atoms with Crippen LogP contribution in [0.2, 0.25) is 0 Å². The number of carboxylic acid groups (broad SMARTS) is 1. The summed E-state index contributed by atoms with van der Waals surface area (Å²) in [5.41, 5.74) is 16.3. The molecule has 1 heterocycles. The van der Waals surface area contributed by atoms with Crippen molar-refractivity contribution in [3.05, 3.63) is 18.2 Å². The molecule has 0 aromatic carbocycles. The highest BCUT2D eigenvalue weighted by Crippen LogP contribution is 2.00. The molecule has 0 saturated heterocycles. The van der Waals surface area contributed by atoms with Crippen LogP contribution in [0.4, 0.5) is 0 Å². The minimum absolute atomic E-state index is 0.0503. The third-order valence-corrected chi connectivity index (χ3v) is 4.21. The van der Waals surface area contributed by atoms with Crippen LogP contribution in [0, 0.1) is 0 Å². The first-order valence-corrected chi connectivity index (χ1v) is 9.48. The maximum absolute atomic E-state index is 12.5. The number of rotatable bonds is 14. The third kappa shape index (κ3) is 9.32. The summed E-state index contributed by atoms with van der Waals surface area (Å²) in [5.74, 6) is -6.67. The fourth-order valence-electron chi connectivity index (χ4n) is 2.56. The topological polar surface area (TPSA) is 286 Å². The molecule has 0 spiro atoms. The van der Waals surface area contributed by atoms with E-state index in [9.17, 15) is 33.9 Å². The number of nitrogens with zero attached hydrogens (tertiary/aromatic N) is 1. The second kappa shape index (κ2) is 12.7. The molecule has 12 N–H and O–H groups in total. The number of aromatic amines is 1. The van der Waals surface area contributed by atoms with Gasteiger partial charge in [0.2, 0.25) is 29.5 Å². The van der Waals surface area contributed by atoms with Crippen LogP contribution in [0.5, 0.6) is 0 Å². The van der Waals surface area contributed by atoms with Crippen molar-refractivity contribution in [2.45, 2.75) is 43.4 Å². The number of hydrogen-bond acceptors (Lipinski definition) is 9. The Morgan fingerprint density at radius 2 is 1.42 bits per heavy atom. The van der Waals surface area contributed by atoms with Crippen molar-refractivity contribution in [3.63, 3.8) is 0 Å². The smallest absolute Gasteiger partial charge is 0.326 e. The zero-order valence-electron chi connectivity index (χ0n) is 17.3. The van der Waals surface area contributed by atoms with Crippen molar-refractivity contribution in [2.24, 2.45) is 17.2 Å². The molecule has 0 fully saturated rings. The standard InChI is InChI=1S/C17H26N8O8/c18-8(1-7-4-21-6-22-7)14(29)25-11(5-26)16(31)23-9(2-12(19)27)15(30)24-10(17(32)33)3-13(20)28/h4,6,8-11,26H,1-3,5,18H2,(H2,19,27)(H2,20,28)(H,21,22)(H,23,31)(H,24,30)(H,25,29)(H,32,33). The maximum atomic E-state index is 12.5. The number of H-pyrrole nitrogens is 1. The number of nitrogens with one attached hydrogen (secondary N) is 4. The quantitative estimate of drug-likeness (QED) is 0.124. The molecule has 4 atom stereocenters. The summed E-state index contributed by atoms with van der Waals surface area (Å²) >= 11 is 0. The zero-order valence-corrected chi connectivity index (χ0v) is 17.3. The summed E-state index contributed by atoms with van der Waals surface area (Å²) in [6.45, 7) is -0.890. The number of amides is 5. The number of aliphatic hydroxyl groups is 1. The van der Waals surface area contributed by atoms with Crippen LogP contribution in [0.1, 0.15) is 18.5 Å². The minimum Gasteiger partial charge on any atom is -0.480 e. The molecule has 1 aromatic heterocycles. The summed E-state index contributed by atoms with van der Waals surface area (Å²) in [4.78, 5) is 77.1. The Bertz CT molecular complexity index is 874. The highest BCUT2D eigenvalue weighted by molar-refractivity contribution is 5.96. The summed E-state index contributed by atoms with van der Waals surface area (Å²) in [6.07, 6.45) is 1.38. The van der Waals surface area contributed by atoms with Gasteiger partial charge in [-0.25, -0.2) is 9.78 Å². The molecule has 1 rings (SSSR count). The van der Waals surface area contributed by atoms with Gasteiger partial charge in [-0.05, 0) is 0 Å². The number of hydrogen-bond donors (Lipinski definition) is 9. The number of imidazole rings is 1. The third-order valence-electron chi connectivity index (χ3n) is 4.21. The molecule has 0 aliphatic heterocycles. The molecule has 1 aromatic rings. The number of aromatic nitrogens is 2. The highest BCUT2D eigenvalue weighted by Gasteiger charge is 2.31. The van der Waals surface area contributed by atoms with Gasteiger partial charge in [-0.2, -0.15) is 0 Å². The van der Waals surface area contributed by atoms with E-state index in [2.05, 4.69) is 20.6 Å². The Hall–Kier alpha value is -4.05. The summed E-state index contributed by atoms with van der Waals surface area (Å²) in [6, 6.07) is -6.07. The first-order valence-electron chi connectivity index (χ1n) is 9.48. The molecule has 5 amide bonds. The van der Waals surface area contributed by atoms with Crippen molar-refractivity contribution in [1.82, 2.24) is 25.9 Å². The van der Waals surface area contributed by atoms with Gasteiger partial charge in [0.25, 0.3) is 0 Å². The van der Waals surface area contributed by atoms with E-state index in [1.165, 1.54) is 12.5 Å². The van der Waals surface area contributed by atoms with Crippen LogP contribution < -0.4 is 33.2 Å². The van der Waals surface area contributed by atoms with Crippen LogP contribution in [-0.2, 0) is 35.2 Å². The largest absolute Gasteiger partial charge is 0.480 e. The number of nitrogens with two attached hydrogens (primary N) is 3. The molecular formula is C17H26N8O8. The van der Waals surface area contributed by atoms with Gasteiger partial charge in [0, 0.05) is 18.3 Å². The van der Waals surface area contributed by atoms with Gasteiger partial charge in [0.05, 0.1) is 31.8 Å². The fraction of sp³-hybridized carbons (Fsp3) is 0.471. The Morgan fingerprint density at radius 3 is 1.91 bits per heavy atom. The molecule has 0 bridgehead atoms. The van der Waals surface area contributed by atoms with Crippen molar-refractivity contribution < 1.29 is 39.0 Å². The number of primary amides is 2. The van der Waals surface area contributed by atoms with Gasteiger partial charge >= 0.3 is 5.97 Å². The van der Waals surface area contributed by atoms with Gasteiger partial charge < -0.3 is 48.3 Å². The van der Waals surface area contributed by atoms with E-state index in [0.717, 1.165) is 0 Å². The summed E-state index contributed by atoms with van der Waals surface area (Å²) in [5, 5.41) is 24.8. The van der Waals surface area contributed by atoms with Crippen LogP contribution in [-0.4, -0.2) is 86.5 Å². The van der Waals surface area contributed by atoms with Gasteiger partial charge in [-0.15, -0.1) is 0 Å². The number of carbonyl (C=O) groups excluding carboxylic acids is 5. The lowest BCUT2D eigenvalue weighted by atomic mass is 10.1. The number of carbonyl (C=O) groups is 6. The lowest BCUT2D eigenvalue weighted by Crippen LogP contribution is -2.59. The molecule has 0 aliphatic rings. The second-order valence-corrected chi connectivity index (χ2v) is 6.93. The van der Waals surface area contributed by atoms with E-state index < -0.39 is 79.1 Å². The lowest BCUT2D eigenvalue weighted by molar-refractivity contribution is -0.144. The van der Waals surface area contributed by atoms with Crippen LogP contribution in [0.3, 0.4) is 0 Å². The van der Waals surface area contributed by atoms with Crippen LogP contribution >= 0.6 is 0 Å². The number of carboxylic acids is 1. The van der Waals surface area contributed by atoms with Crippen LogP contribution in [0.25, 0.3) is 0 Å². The van der Waals surface area contributed by atoms with E-state index in [1.54, 1.807) is 0 Å². The van der Waals surface area contributed by atoms with Gasteiger partial charge in [-0.1, -0.05) is 0 Å². The molecule has 16 nitrogen and oxygen atoms in total. The van der Waals surface area contributed by atoms with E-state index in [-0.39, 0.29) is 6.42 Å². The monoisotopic (exact) mass is 470 g/mol. The van der Waals surface area contributed by atoms with Crippen LogP contribution in [0.15, 0.2) is 12.5 Å². The predicted molar refractivity (Wildman–Crippen MR) is 108 cm³/mol. The fourth-order valence-corrected chi connectivity index (χ4v) is 2.56. The normalized spacial score (nSPS) is 14.2. The van der Waals surface area contributed by atoms with Crippen molar-refractivity contribution in [2.75, 3.05) is 6.61 Å². The lowest BCUT2D eigenvalue weighted by Gasteiger charge is -2.23. The zero-order chi connectivity index (χ0) is 25.1. The summed E-state index contributed by atoms with van der Waals surface area (Å²) in [7, 11) is 0.